The summed E-state index contributed by atoms with van der Waals surface area (Å²) in [5.74, 6) is 4.72. The Kier molecular flexibility index (Phi) is 20.2. The minimum atomic E-state index is 0.300. The molecule has 316 valence electrons. The van der Waals surface area contributed by atoms with Crippen molar-refractivity contribution in [3.63, 3.8) is 0 Å². The van der Waals surface area contributed by atoms with E-state index in [9.17, 15) is 0 Å². The first kappa shape index (κ1) is 54.1. The van der Waals surface area contributed by atoms with E-state index in [1.807, 2.05) is 0 Å². The van der Waals surface area contributed by atoms with Gasteiger partial charge in [0.2, 0.25) is 0 Å². The van der Waals surface area contributed by atoms with Gasteiger partial charge in [-0.1, -0.05) is 220 Å². The monoisotopic (exact) mass is 733 g/mol. The summed E-state index contributed by atoms with van der Waals surface area (Å²) < 4.78 is 0. The molecule has 0 aromatic heterocycles. The molecule has 0 heterocycles. The molecule has 0 aliphatic heterocycles. The standard InChI is InChI=1S/C31H62.C17H36.C4H10/c1-17-22(2)30(13,14)28(9,10)21-29(11,12)31(15,16)25-19-23(26(3,4)5)18-24(20-25)27(6,7)8;1-11-14(4)17(9,10)16(7,8)12-15(5,6)13(2)3;1-3-4-2/h22-25H,17-21H2,1-16H3;13-14H,11-12H2,1-10H3;3-4H2,1-2H3. The Morgan fingerprint density at radius 2 is 0.692 bits per heavy atom. The fourth-order valence-corrected chi connectivity index (χ4v) is 9.36. The van der Waals surface area contributed by atoms with Gasteiger partial charge in [0.25, 0.3) is 0 Å². The molecule has 0 aromatic rings. The zero-order valence-electron chi connectivity index (χ0n) is 42.3. The molecule has 0 nitrogen and oxygen atoms in total. The van der Waals surface area contributed by atoms with Crippen LogP contribution >= 0.6 is 0 Å². The first-order valence-electron chi connectivity index (χ1n) is 22.8. The van der Waals surface area contributed by atoms with Gasteiger partial charge in [-0.2, -0.15) is 0 Å². The van der Waals surface area contributed by atoms with Gasteiger partial charge in [0.1, 0.15) is 0 Å². The van der Waals surface area contributed by atoms with Crippen molar-refractivity contribution in [2.45, 2.75) is 252 Å². The Morgan fingerprint density at radius 3 is 0.942 bits per heavy atom. The zero-order chi connectivity index (χ0) is 42.3. The molecule has 1 aliphatic rings. The van der Waals surface area contributed by atoms with Gasteiger partial charge in [-0.25, -0.2) is 0 Å². The van der Waals surface area contributed by atoms with Gasteiger partial charge in [-0.3, -0.25) is 0 Å². The SMILES string of the molecule is CCC(C)C(C)(C)C(C)(C)CC(C)(C)C(C)(C)C1CC(C(C)(C)C)CC(C(C)(C)C)C1.CCC(C)C(C)(C)C(C)(C)CC(C)(C)C(C)C.CCCC. The van der Waals surface area contributed by atoms with Crippen molar-refractivity contribution >= 4 is 0 Å². The van der Waals surface area contributed by atoms with Gasteiger partial charge in [0.05, 0.1) is 0 Å². The molecular formula is C52H108. The minimum absolute atomic E-state index is 0.300. The lowest BCUT2D eigenvalue weighted by Crippen LogP contribution is -2.49. The van der Waals surface area contributed by atoms with Crippen molar-refractivity contribution in [2.24, 2.45) is 84.2 Å². The second-order valence-electron chi connectivity index (χ2n) is 25.5. The summed E-state index contributed by atoms with van der Waals surface area (Å²) in [7, 11) is 0. The molecule has 0 amide bonds. The van der Waals surface area contributed by atoms with Gasteiger partial charge >= 0.3 is 0 Å². The lowest BCUT2D eigenvalue weighted by Gasteiger charge is -2.58. The smallest absolute Gasteiger partial charge is 0.0274 e. The van der Waals surface area contributed by atoms with Crippen LogP contribution in [0.25, 0.3) is 0 Å². The van der Waals surface area contributed by atoms with E-state index >= 15 is 0 Å². The van der Waals surface area contributed by atoms with Crippen molar-refractivity contribution in [1.29, 1.82) is 0 Å². The second kappa shape index (κ2) is 19.4. The van der Waals surface area contributed by atoms with Crippen LogP contribution in [-0.4, -0.2) is 0 Å². The van der Waals surface area contributed by atoms with E-state index in [4.69, 9.17) is 0 Å². The highest BCUT2D eigenvalue weighted by molar-refractivity contribution is 5.02. The maximum absolute atomic E-state index is 2.62. The molecule has 1 saturated carbocycles. The molecule has 1 rings (SSSR count). The Morgan fingerprint density at radius 1 is 0.404 bits per heavy atom. The van der Waals surface area contributed by atoms with Crippen LogP contribution in [0.4, 0.5) is 0 Å². The summed E-state index contributed by atoms with van der Waals surface area (Å²) >= 11 is 0. The highest BCUT2D eigenvalue weighted by atomic mass is 14.6. The predicted octanol–water partition coefficient (Wildman–Crippen LogP) is 18.6. The highest BCUT2D eigenvalue weighted by Gasteiger charge is 2.52. The van der Waals surface area contributed by atoms with Crippen molar-refractivity contribution in [2.75, 3.05) is 0 Å². The third kappa shape index (κ3) is 14.2. The van der Waals surface area contributed by atoms with Crippen LogP contribution in [0.15, 0.2) is 0 Å². The van der Waals surface area contributed by atoms with E-state index < -0.39 is 0 Å². The van der Waals surface area contributed by atoms with Gasteiger partial charge in [-0.05, 0) is 116 Å². The normalized spacial score (nSPS) is 21.5. The molecule has 0 N–H and O–H groups in total. The molecule has 1 fully saturated rings. The van der Waals surface area contributed by atoms with E-state index in [2.05, 4.69) is 194 Å². The average molecular weight is 733 g/mol. The van der Waals surface area contributed by atoms with Crippen LogP contribution in [0.1, 0.15) is 252 Å². The average Bonchev–Trinajstić information content (AvgIpc) is 2.97. The summed E-state index contributed by atoms with van der Waals surface area (Å²) in [6.45, 7) is 68.8. The van der Waals surface area contributed by atoms with Crippen LogP contribution < -0.4 is 0 Å². The van der Waals surface area contributed by atoms with E-state index in [0.29, 0.717) is 48.7 Å². The Balaban J connectivity index is 0. The Labute approximate surface area is 334 Å². The quantitative estimate of drug-likeness (QED) is 0.167. The molecule has 0 saturated heterocycles. The van der Waals surface area contributed by atoms with Gasteiger partial charge in [0.15, 0.2) is 0 Å². The first-order valence-corrected chi connectivity index (χ1v) is 22.8. The molecule has 0 aromatic carbocycles. The molecule has 4 unspecified atom stereocenters. The van der Waals surface area contributed by atoms with E-state index in [1.54, 1.807) is 0 Å². The van der Waals surface area contributed by atoms with Gasteiger partial charge in [-0.15, -0.1) is 0 Å². The van der Waals surface area contributed by atoms with Gasteiger partial charge < -0.3 is 0 Å². The predicted molar refractivity (Wildman–Crippen MR) is 243 cm³/mol. The number of hydrogen-bond acceptors (Lipinski definition) is 0. The molecule has 0 radical (unpaired) electrons. The fourth-order valence-electron chi connectivity index (χ4n) is 9.36. The summed E-state index contributed by atoms with van der Waals surface area (Å²) in [5, 5.41) is 0. The molecule has 0 spiro atoms. The maximum Gasteiger partial charge on any atom is -0.0274 e. The molecule has 52 heavy (non-hydrogen) atoms. The van der Waals surface area contributed by atoms with Crippen molar-refractivity contribution in [3.8, 4) is 0 Å². The van der Waals surface area contributed by atoms with E-state index in [-0.39, 0.29) is 0 Å². The van der Waals surface area contributed by atoms with E-state index in [0.717, 1.165) is 35.5 Å². The summed E-state index contributed by atoms with van der Waals surface area (Å²) in [6, 6.07) is 0. The van der Waals surface area contributed by atoms with Crippen molar-refractivity contribution in [1.82, 2.24) is 0 Å². The second-order valence-corrected chi connectivity index (χ2v) is 25.5. The number of rotatable bonds is 14. The van der Waals surface area contributed by atoms with Crippen molar-refractivity contribution < 1.29 is 0 Å². The van der Waals surface area contributed by atoms with Gasteiger partial charge in [0, 0.05) is 0 Å². The number of hydrogen-bond donors (Lipinski definition) is 0. The van der Waals surface area contributed by atoms with Crippen LogP contribution in [0.3, 0.4) is 0 Å². The fraction of sp³-hybridized carbons (Fsp3) is 1.00. The minimum Gasteiger partial charge on any atom is -0.0654 e. The molecule has 4 atom stereocenters. The zero-order valence-corrected chi connectivity index (χ0v) is 42.3. The number of unbranched alkanes of at least 4 members (excludes halogenated alkanes) is 1. The summed E-state index contributed by atoms with van der Waals surface area (Å²) in [6.07, 6.45) is 12.0. The molecule has 0 bridgehead atoms. The lowest BCUT2D eigenvalue weighted by atomic mass is 9.47. The largest absolute Gasteiger partial charge is 0.0654 e. The van der Waals surface area contributed by atoms with Crippen LogP contribution in [0.5, 0.6) is 0 Å². The first-order chi connectivity index (χ1) is 22.8. The Bertz CT molecular complexity index is 954. The van der Waals surface area contributed by atoms with Crippen molar-refractivity contribution in [3.05, 3.63) is 0 Å². The molecule has 0 heteroatoms. The molecular weight excluding hydrogens is 625 g/mol. The van der Waals surface area contributed by atoms with Crippen LogP contribution in [0.2, 0.25) is 0 Å². The third-order valence-corrected chi connectivity index (χ3v) is 17.9. The highest BCUT2D eigenvalue weighted by Crippen LogP contribution is 2.61. The maximum atomic E-state index is 2.62. The molecule has 1 aliphatic carbocycles. The van der Waals surface area contributed by atoms with E-state index in [1.165, 1.54) is 57.8 Å². The summed E-state index contributed by atoms with van der Waals surface area (Å²) in [4.78, 5) is 0. The third-order valence-electron chi connectivity index (χ3n) is 17.9. The van der Waals surface area contributed by atoms with Crippen LogP contribution in [0, 0.1) is 84.2 Å². The summed E-state index contributed by atoms with van der Waals surface area (Å²) in [5.41, 5.74) is 3.28. The van der Waals surface area contributed by atoms with Crippen LogP contribution in [-0.2, 0) is 0 Å². The topological polar surface area (TPSA) is 0 Å². The lowest BCUT2D eigenvalue weighted by molar-refractivity contribution is -0.0826. The Hall–Kier alpha value is 0.